The zero-order valence-corrected chi connectivity index (χ0v) is 14.5. The summed E-state index contributed by atoms with van der Waals surface area (Å²) in [5.74, 6) is 0.137. The fraction of sp³-hybridized carbons (Fsp3) is 0.467. The molecular weight excluding hydrogens is 362 g/mol. The van der Waals surface area contributed by atoms with Crippen LogP contribution in [0.4, 0.5) is 4.39 Å². The van der Waals surface area contributed by atoms with E-state index < -0.39 is 17.8 Å². The molecule has 23 heavy (non-hydrogen) atoms. The van der Waals surface area contributed by atoms with Gasteiger partial charge in [-0.05, 0) is 30.9 Å². The second kappa shape index (κ2) is 6.87. The van der Waals surface area contributed by atoms with Crippen molar-refractivity contribution < 1.29 is 14.0 Å². The highest BCUT2D eigenvalue weighted by Gasteiger charge is 2.36. The average molecular weight is 377 g/mol. The summed E-state index contributed by atoms with van der Waals surface area (Å²) in [6.07, 6.45) is 2.28. The number of halogens is 3. The summed E-state index contributed by atoms with van der Waals surface area (Å²) in [6, 6.07) is 1.67. The van der Waals surface area contributed by atoms with Crippen molar-refractivity contribution in [2.45, 2.75) is 18.9 Å². The summed E-state index contributed by atoms with van der Waals surface area (Å²) in [7, 11) is 0. The van der Waals surface area contributed by atoms with Crippen LogP contribution in [0, 0.1) is 11.7 Å². The number of carbonyl (C=O) groups is 2. The Hall–Kier alpha value is -0.980. The van der Waals surface area contributed by atoms with Crippen molar-refractivity contribution in [1.82, 2.24) is 10.2 Å². The Morgan fingerprint density at radius 1 is 1.30 bits per heavy atom. The number of carbonyl (C=O) groups excluding carboxylic acids is 2. The minimum absolute atomic E-state index is 0.0241. The number of nitrogens with one attached hydrogen (secondary N) is 1. The zero-order chi connectivity index (χ0) is 16.6. The number of rotatable bonds is 4. The molecule has 0 bridgehead atoms. The van der Waals surface area contributed by atoms with E-state index in [-0.39, 0.29) is 21.5 Å². The van der Waals surface area contributed by atoms with Gasteiger partial charge < -0.3 is 10.2 Å². The van der Waals surface area contributed by atoms with Crippen LogP contribution < -0.4 is 5.32 Å². The van der Waals surface area contributed by atoms with Gasteiger partial charge in [0.15, 0.2) is 0 Å². The fourth-order valence-electron chi connectivity index (χ4n) is 2.39. The van der Waals surface area contributed by atoms with Crippen LogP contribution in [0.1, 0.15) is 23.2 Å². The molecule has 1 saturated carbocycles. The third kappa shape index (κ3) is 3.75. The molecule has 0 radical (unpaired) electrons. The molecule has 1 N–H and O–H groups in total. The number of amides is 2. The van der Waals surface area contributed by atoms with Crippen molar-refractivity contribution in [3.63, 3.8) is 0 Å². The predicted octanol–water partition coefficient (Wildman–Crippen LogP) is 3.17. The zero-order valence-electron chi connectivity index (χ0n) is 12.2. The van der Waals surface area contributed by atoms with Crippen LogP contribution >= 0.6 is 35.0 Å². The summed E-state index contributed by atoms with van der Waals surface area (Å²) in [4.78, 5) is 26.4. The number of hydrogen-bond acceptors (Lipinski definition) is 3. The molecule has 2 fully saturated rings. The third-order valence-electron chi connectivity index (χ3n) is 3.95. The van der Waals surface area contributed by atoms with Crippen molar-refractivity contribution in [3.05, 3.63) is 33.6 Å². The van der Waals surface area contributed by atoms with E-state index in [0.717, 1.165) is 18.9 Å². The predicted molar refractivity (Wildman–Crippen MR) is 89.4 cm³/mol. The van der Waals surface area contributed by atoms with E-state index in [2.05, 4.69) is 5.32 Å². The van der Waals surface area contributed by atoms with Crippen LogP contribution in [0.3, 0.4) is 0 Å². The number of hydrogen-bond donors (Lipinski definition) is 1. The maximum atomic E-state index is 13.6. The summed E-state index contributed by atoms with van der Waals surface area (Å²) < 4.78 is 13.6. The van der Waals surface area contributed by atoms with Gasteiger partial charge in [0.05, 0.1) is 21.5 Å². The van der Waals surface area contributed by atoms with Gasteiger partial charge in [0.1, 0.15) is 11.9 Å². The summed E-state index contributed by atoms with van der Waals surface area (Å²) in [6.45, 7) is 0.651. The maximum Gasteiger partial charge on any atom is 0.256 e. The SMILES string of the molecule is O=C(NCC1CC1)[C@@H]1CSCN1C(=O)c1cc(F)c(Cl)cc1Cl. The normalized spacial score (nSPS) is 20.7. The van der Waals surface area contributed by atoms with Gasteiger partial charge >= 0.3 is 0 Å². The molecule has 8 heteroatoms. The molecule has 1 heterocycles. The van der Waals surface area contributed by atoms with Crippen LogP contribution in [0.2, 0.25) is 10.0 Å². The summed E-state index contributed by atoms with van der Waals surface area (Å²) >= 11 is 13.1. The van der Waals surface area contributed by atoms with E-state index in [1.807, 2.05) is 0 Å². The molecule has 0 unspecified atom stereocenters. The second-order valence-electron chi connectivity index (χ2n) is 5.73. The molecule has 124 valence electrons. The van der Waals surface area contributed by atoms with Gasteiger partial charge in [0, 0.05) is 12.3 Å². The van der Waals surface area contributed by atoms with E-state index in [4.69, 9.17) is 23.2 Å². The Bertz CT molecular complexity index is 655. The van der Waals surface area contributed by atoms with Gasteiger partial charge in [0.2, 0.25) is 5.91 Å². The van der Waals surface area contributed by atoms with Gasteiger partial charge in [0.25, 0.3) is 5.91 Å². The fourth-order valence-corrected chi connectivity index (χ4v) is 4.00. The van der Waals surface area contributed by atoms with Crippen LogP contribution in [0.25, 0.3) is 0 Å². The van der Waals surface area contributed by atoms with E-state index in [0.29, 0.717) is 24.1 Å². The molecule has 0 aromatic heterocycles. The Morgan fingerprint density at radius 2 is 2.04 bits per heavy atom. The standard InChI is InChI=1S/C15H15Cl2FN2O2S/c16-10-4-11(17)12(18)3-9(10)15(22)20-7-23-6-13(20)14(21)19-5-8-1-2-8/h3-4,8,13H,1-2,5-7H2,(H,19,21)/t13-/m0/s1. The second-order valence-corrected chi connectivity index (χ2v) is 7.54. The molecular formula is C15H15Cl2FN2O2S. The lowest BCUT2D eigenvalue weighted by molar-refractivity contribution is -0.124. The van der Waals surface area contributed by atoms with Crippen LogP contribution in [0.5, 0.6) is 0 Å². The molecule has 1 aliphatic carbocycles. The van der Waals surface area contributed by atoms with Crippen LogP contribution in [-0.2, 0) is 4.79 Å². The Morgan fingerprint density at radius 3 is 2.74 bits per heavy atom. The Kier molecular flexibility index (Phi) is 5.04. The number of benzene rings is 1. The van der Waals surface area contributed by atoms with Gasteiger partial charge in [-0.15, -0.1) is 11.8 Å². The Balaban J connectivity index is 1.74. The van der Waals surface area contributed by atoms with Crippen molar-refractivity contribution in [2.75, 3.05) is 18.2 Å². The quantitative estimate of drug-likeness (QED) is 0.821. The molecule has 1 aromatic rings. The first-order chi connectivity index (χ1) is 11.0. The van der Waals surface area contributed by atoms with Crippen molar-refractivity contribution >= 4 is 46.8 Å². The van der Waals surface area contributed by atoms with Gasteiger partial charge in [-0.3, -0.25) is 9.59 Å². The highest BCUT2D eigenvalue weighted by molar-refractivity contribution is 7.99. The topological polar surface area (TPSA) is 49.4 Å². The minimum atomic E-state index is -0.707. The van der Waals surface area contributed by atoms with Crippen molar-refractivity contribution in [3.8, 4) is 0 Å². The highest BCUT2D eigenvalue weighted by Crippen LogP contribution is 2.30. The molecule has 1 atom stereocenters. The van der Waals surface area contributed by atoms with E-state index in [1.54, 1.807) is 0 Å². The smallest absolute Gasteiger partial charge is 0.256 e. The van der Waals surface area contributed by atoms with E-state index in [1.165, 1.54) is 22.7 Å². The molecule has 3 rings (SSSR count). The first kappa shape index (κ1) is 16.9. The molecule has 1 aromatic carbocycles. The molecule has 2 amide bonds. The lowest BCUT2D eigenvalue weighted by atomic mass is 10.1. The first-order valence-electron chi connectivity index (χ1n) is 7.28. The lowest BCUT2D eigenvalue weighted by Gasteiger charge is -2.23. The van der Waals surface area contributed by atoms with E-state index in [9.17, 15) is 14.0 Å². The lowest BCUT2D eigenvalue weighted by Crippen LogP contribution is -2.47. The average Bonchev–Trinajstić information content (AvgIpc) is 3.22. The minimum Gasteiger partial charge on any atom is -0.354 e. The Labute approximate surface area is 147 Å². The molecule has 1 aliphatic heterocycles. The van der Waals surface area contributed by atoms with Crippen LogP contribution in [0.15, 0.2) is 12.1 Å². The van der Waals surface area contributed by atoms with Crippen molar-refractivity contribution in [1.29, 1.82) is 0 Å². The third-order valence-corrected chi connectivity index (χ3v) is 5.56. The summed E-state index contributed by atoms with van der Waals surface area (Å²) in [5, 5.41) is 2.82. The van der Waals surface area contributed by atoms with Gasteiger partial charge in [-0.1, -0.05) is 23.2 Å². The van der Waals surface area contributed by atoms with Crippen LogP contribution in [-0.4, -0.2) is 40.9 Å². The number of nitrogens with zero attached hydrogens (tertiary/aromatic N) is 1. The highest BCUT2D eigenvalue weighted by atomic mass is 35.5. The largest absolute Gasteiger partial charge is 0.354 e. The molecule has 2 aliphatic rings. The van der Waals surface area contributed by atoms with Gasteiger partial charge in [-0.2, -0.15) is 0 Å². The molecule has 1 saturated heterocycles. The monoisotopic (exact) mass is 376 g/mol. The maximum absolute atomic E-state index is 13.6. The van der Waals surface area contributed by atoms with Crippen molar-refractivity contribution in [2.24, 2.45) is 5.92 Å². The molecule has 4 nitrogen and oxygen atoms in total. The first-order valence-corrected chi connectivity index (χ1v) is 9.19. The van der Waals surface area contributed by atoms with E-state index >= 15 is 0 Å². The summed E-state index contributed by atoms with van der Waals surface area (Å²) in [5.41, 5.74) is 0.0241. The number of thioether (sulfide) groups is 1. The molecule has 0 spiro atoms. The van der Waals surface area contributed by atoms with Gasteiger partial charge in [-0.25, -0.2) is 4.39 Å².